The highest BCUT2D eigenvalue weighted by Crippen LogP contribution is 2.32. The summed E-state index contributed by atoms with van der Waals surface area (Å²) >= 11 is 12.4. The van der Waals surface area contributed by atoms with Gasteiger partial charge in [0.05, 0.1) is 15.7 Å². The van der Waals surface area contributed by atoms with Gasteiger partial charge >= 0.3 is 5.97 Å². The van der Waals surface area contributed by atoms with Gasteiger partial charge in [0.1, 0.15) is 11.6 Å². The molecule has 0 fully saturated rings. The second-order valence-corrected chi connectivity index (χ2v) is 6.64. The minimum atomic E-state index is -1.13. The number of rotatable bonds is 5. The van der Waals surface area contributed by atoms with E-state index in [2.05, 4.69) is 0 Å². The highest BCUT2D eigenvalue weighted by Gasteiger charge is 2.20. The summed E-state index contributed by atoms with van der Waals surface area (Å²) in [6, 6.07) is 8.87. The van der Waals surface area contributed by atoms with Crippen LogP contribution in [0.1, 0.15) is 23.9 Å². The van der Waals surface area contributed by atoms with Gasteiger partial charge in [0.15, 0.2) is 6.10 Å². The summed E-state index contributed by atoms with van der Waals surface area (Å²) < 4.78 is 6.75. The molecule has 0 aliphatic rings. The Morgan fingerprint density at radius 3 is 2.59 bits per heavy atom. The van der Waals surface area contributed by atoms with Crippen LogP contribution in [-0.4, -0.2) is 22.5 Å². The fraction of sp³-hybridized carbons (Fsp3) is 0.211. The van der Waals surface area contributed by atoms with E-state index in [0.717, 1.165) is 11.4 Å². The number of primary amides is 1. The Balaban J connectivity index is 2.47. The monoisotopic (exact) mass is 405 g/mol. The van der Waals surface area contributed by atoms with Crippen molar-refractivity contribution in [2.75, 3.05) is 0 Å². The molecule has 0 aliphatic carbocycles. The van der Waals surface area contributed by atoms with Gasteiger partial charge in [0.2, 0.25) is 0 Å². The summed E-state index contributed by atoms with van der Waals surface area (Å²) in [5.74, 6) is -1.72. The lowest BCUT2D eigenvalue weighted by Crippen LogP contribution is -2.30. The zero-order valence-corrected chi connectivity index (χ0v) is 16.4. The number of ether oxygens (including phenoxy) is 1. The van der Waals surface area contributed by atoms with E-state index in [1.165, 1.54) is 13.0 Å². The summed E-state index contributed by atoms with van der Waals surface area (Å²) in [4.78, 5) is 23.1. The van der Waals surface area contributed by atoms with E-state index in [1.54, 1.807) is 24.3 Å². The number of nitrogens with two attached hydrogens (primary N) is 1. The first-order chi connectivity index (χ1) is 12.7. The molecular weight excluding hydrogens is 389 g/mol. The number of hydrogen-bond donors (Lipinski definition) is 1. The molecule has 0 radical (unpaired) electrons. The predicted molar refractivity (Wildman–Crippen MR) is 104 cm³/mol. The first-order valence-electron chi connectivity index (χ1n) is 7.92. The van der Waals surface area contributed by atoms with Crippen molar-refractivity contribution >= 4 is 41.2 Å². The molecule has 1 aromatic heterocycles. The minimum Gasteiger partial charge on any atom is -0.448 e. The van der Waals surface area contributed by atoms with Crippen molar-refractivity contribution in [3.63, 3.8) is 0 Å². The van der Waals surface area contributed by atoms with Crippen LogP contribution in [0.5, 0.6) is 0 Å². The lowest BCUT2D eigenvalue weighted by molar-refractivity contribution is -0.149. The normalized spacial score (nSPS) is 12.4. The summed E-state index contributed by atoms with van der Waals surface area (Å²) in [5, 5.41) is 10.1. The maximum absolute atomic E-state index is 12.1. The highest BCUT2D eigenvalue weighted by atomic mass is 35.5. The molecule has 27 heavy (non-hydrogen) atoms. The van der Waals surface area contributed by atoms with Crippen molar-refractivity contribution in [2.45, 2.75) is 26.9 Å². The Hall–Kier alpha value is -2.75. The van der Waals surface area contributed by atoms with E-state index in [9.17, 15) is 14.9 Å². The number of carbonyl (C=O) groups is 2. The van der Waals surface area contributed by atoms with Crippen LogP contribution in [0.15, 0.2) is 29.8 Å². The standard InChI is InChI=1S/C19H17Cl2N3O3/c1-10-7-13(8-14(9-22)19(26)27-12(3)18(23)25)11(2)24(10)16-6-4-5-15(20)17(16)21/h4-8,12H,1-3H3,(H2,23,25)/b14-8+. The summed E-state index contributed by atoms with van der Waals surface area (Å²) in [6.45, 7) is 5.02. The van der Waals surface area contributed by atoms with Crippen molar-refractivity contribution < 1.29 is 14.3 Å². The fourth-order valence-corrected chi connectivity index (χ4v) is 2.92. The maximum Gasteiger partial charge on any atom is 0.349 e. The van der Waals surface area contributed by atoms with Gasteiger partial charge in [-0.2, -0.15) is 5.26 Å². The van der Waals surface area contributed by atoms with Crippen LogP contribution in [-0.2, 0) is 14.3 Å². The number of esters is 1. The summed E-state index contributed by atoms with van der Waals surface area (Å²) in [7, 11) is 0. The molecule has 1 atom stereocenters. The number of benzene rings is 1. The van der Waals surface area contributed by atoms with Crippen LogP contribution in [0.2, 0.25) is 10.0 Å². The molecule has 0 aliphatic heterocycles. The topological polar surface area (TPSA) is 98.1 Å². The van der Waals surface area contributed by atoms with E-state index >= 15 is 0 Å². The molecule has 1 unspecified atom stereocenters. The van der Waals surface area contributed by atoms with E-state index in [0.29, 0.717) is 21.3 Å². The lowest BCUT2D eigenvalue weighted by Gasteiger charge is -2.12. The second kappa shape index (κ2) is 8.30. The van der Waals surface area contributed by atoms with E-state index in [-0.39, 0.29) is 5.57 Å². The number of nitrogens with zero attached hydrogens (tertiary/aromatic N) is 2. The number of hydrogen-bond acceptors (Lipinski definition) is 4. The minimum absolute atomic E-state index is 0.249. The third-order valence-corrected chi connectivity index (χ3v) is 4.78. The zero-order valence-electron chi connectivity index (χ0n) is 14.9. The molecule has 140 valence electrons. The summed E-state index contributed by atoms with van der Waals surface area (Å²) in [5.41, 5.74) is 7.72. The average molecular weight is 406 g/mol. The van der Waals surface area contributed by atoms with Crippen LogP contribution in [0.25, 0.3) is 11.8 Å². The molecule has 0 saturated heterocycles. The average Bonchev–Trinajstić information content (AvgIpc) is 2.88. The fourth-order valence-electron chi connectivity index (χ4n) is 2.54. The van der Waals surface area contributed by atoms with Crippen molar-refractivity contribution in [3.05, 3.63) is 56.8 Å². The van der Waals surface area contributed by atoms with E-state index < -0.39 is 18.0 Å². The van der Waals surface area contributed by atoms with Gasteiger partial charge in [0.25, 0.3) is 5.91 Å². The number of amides is 1. The smallest absolute Gasteiger partial charge is 0.349 e. The van der Waals surface area contributed by atoms with Crippen molar-refractivity contribution in [1.29, 1.82) is 5.26 Å². The number of halogens is 2. The molecule has 0 bridgehead atoms. The Labute approximate surface area is 166 Å². The van der Waals surface area contributed by atoms with Crippen molar-refractivity contribution in [1.82, 2.24) is 4.57 Å². The zero-order chi connectivity index (χ0) is 20.3. The van der Waals surface area contributed by atoms with Gasteiger partial charge < -0.3 is 15.0 Å². The van der Waals surface area contributed by atoms with Crippen LogP contribution in [0.4, 0.5) is 0 Å². The third-order valence-electron chi connectivity index (χ3n) is 3.97. The predicted octanol–water partition coefficient (Wildman–Crippen LogP) is 3.72. The molecule has 2 aromatic rings. The third kappa shape index (κ3) is 4.33. The van der Waals surface area contributed by atoms with Gasteiger partial charge in [0, 0.05) is 11.4 Å². The van der Waals surface area contributed by atoms with Gasteiger partial charge in [-0.25, -0.2) is 4.79 Å². The van der Waals surface area contributed by atoms with Crippen LogP contribution in [0.3, 0.4) is 0 Å². The van der Waals surface area contributed by atoms with Gasteiger partial charge in [-0.1, -0.05) is 29.3 Å². The maximum atomic E-state index is 12.1. The number of aromatic nitrogens is 1. The van der Waals surface area contributed by atoms with Gasteiger partial charge in [-0.05, 0) is 50.6 Å². The first-order valence-corrected chi connectivity index (χ1v) is 8.68. The van der Waals surface area contributed by atoms with Crippen LogP contribution >= 0.6 is 23.2 Å². The highest BCUT2D eigenvalue weighted by molar-refractivity contribution is 6.43. The van der Waals surface area contributed by atoms with Crippen LogP contribution < -0.4 is 5.73 Å². The van der Waals surface area contributed by atoms with Gasteiger partial charge in [-0.15, -0.1) is 0 Å². The van der Waals surface area contributed by atoms with E-state index in [4.69, 9.17) is 33.7 Å². The molecule has 1 amide bonds. The quantitative estimate of drug-likeness (QED) is 0.465. The van der Waals surface area contributed by atoms with Crippen LogP contribution in [0, 0.1) is 25.2 Å². The van der Waals surface area contributed by atoms with Crippen molar-refractivity contribution in [2.24, 2.45) is 5.73 Å². The number of aryl methyl sites for hydroxylation is 1. The molecular formula is C19H17Cl2N3O3. The molecule has 2 N–H and O–H groups in total. The number of nitriles is 1. The molecule has 6 nitrogen and oxygen atoms in total. The lowest BCUT2D eigenvalue weighted by atomic mass is 10.1. The summed E-state index contributed by atoms with van der Waals surface area (Å²) in [6.07, 6.45) is 0.264. The Morgan fingerprint density at radius 2 is 2.00 bits per heavy atom. The molecule has 1 heterocycles. The van der Waals surface area contributed by atoms with E-state index in [1.807, 2.05) is 24.5 Å². The Kier molecular flexibility index (Phi) is 6.32. The number of carbonyl (C=O) groups excluding carboxylic acids is 2. The molecule has 0 saturated carbocycles. The first kappa shape index (κ1) is 20.6. The largest absolute Gasteiger partial charge is 0.448 e. The van der Waals surface area contributed by atoms with Crippen molar-refractivity contribution in [3.8, 4) is 11.8 Å². The Morgan fingerprint density at radius 1 is 1.33 bits per heavy atom. The second-order valence-electron chi connectivity index (χ2n) is 5.85. The SMILES string of the molecule is Cc1cc(/C=C(\C#N)C(=O)OC(C)C(N)=O)c(C)n1-c1cccc(Cl)c1Cl. The molecule has 0 spiro atoms. The molecule has 1 aromatic carbocycles. The molecule has 2 rings (SSSR count). The molecule has 8 heteroatoms. The Bertz CT molecular complexity index is 987. The van der Waals surface area contributed by atoms with Gasteiger partial charge in [-0.3, -0.25) is 4.79 Å².